The zero-order chi connectivity index (χ0) is 10.8. The Labute approximate surface area is 86.1 Å². The first-order chi connectivity index (χ1) is 6.44. The van der Waals surface area contributed by atoms with Crippen molar-refractivity contribution in [2.45, 2.75) is 33.3 Å². The zero-order valence-corrected chi connectivity index (χ0v) is 9.42. The van der Waals surface area contributed by atoms with Crippen LogP contribution in [0.15, 0.2) is 18.2 Å². The second-order valence-corrected chi connectivity index (χ2v) is 4.33. The van der Waals surface area contributed by atoms with Crippen molar-refractivity contribution in [3.8, 4) is 5.75 Å². The van der Waals surface area contributed by atoms with Gasteiger partial charge in [0, 0.05) is 6.54 Å². The van der Waals surface area contributed by atoms with Crippen LogP contribution in [-0.2, 0) is 0 Å². The van der Waals surface area contributed by atoms with Crippen molar-refractivity contribution in [1.29, 1.82) is 0 Å². The smallest absolute Gasteiger partial charge is 0.123 e. The van der Waals surface area contributed by atoms with E-state index in [1.165, 1.54) is 5.56 Å². The second kappa shape index (κ2) is 4.01. The normalized spacial score (nSPS) is 11.5. The average molecular weight is 193 g/mol. The van der Waals surface area contributed by atoms with Gasteiger partial charge in [-0.3, -0.25) is 0 Å². The lowest BCUT2D eigenvalue weighted by molar-refractivity contribution is 0.118. The van der Waals surface area contributed by atoms with Gasteiger partial charge in [0.05, 0.1) is 0 Å². The molecule has 0 unspecified atom stereocenters. The summed E-state index contributed by atoms with van der Waals surface area (Å²) in [7, 11) is 0. The van der Waals surface area contributed by atoms with E-state index >= 15 is 0 Å². The highest BCUT2D eigenvalue weighted by Gasteiger charge is 2.17. The number of nitrogens with two attached hydrogens (primary N) is 1. The van der Waals surface area contributed by atoms with E-state index in [4.69, 9.17) is 10.5 Å². The predicted octanol–water partition coefficient (Wildman–Crippen LogP) is 2.42. The van der Waals surface area contributed by atoms with Crippen molar-refractivity contribution in [3.05, 3.63) is 29.3 Å². The van der Waals surface area contributed by atoms with Crippen LogP contribution in [0, 0.1) is 13.8 Å². The summed E-state index contributed by atoms with van der Waals surface area (Å²) in [5.74, 6) is 0.922. The third-order valence-corrected chi connectivity index (χ3v) is 2.21. The molecular weight excluding hydrogens is 174 g/mol. The molecule has 2 nitrogen and oxygen atoms in total. The molecule has 0 amide bonds. The van der Waals surface area contributed by atoms with Crippen molar-refractivity contribution >= 4 is 0 Å². The molecule has 0 radical (unpaired) electrons. The molecule has 0 aromatic heterocycles. The summed E-state index contributed by atoms with van der Waals surface area (Å²) < 4.78 is 5.81. The van der Waals surface area contributed by atoms with Crippen LogP contribution in [0.4, 0.5) is 0 Å². The van der Waals surface area contributed by atoms with Gasteiger partial charge in [-0.15, -0.1) is 0 Å². The summed E-state index contributed by atoms with van der Waals surface area (Å²) in [5.41, 5.74) is 7.73. The Bertz CT molecular complexity index is 318. The molecular formula is C12H19NO. The van der Waals surface area contributed by atoms with E-state index in [2.05, 4.69) is 26.0 Å². The number of rotatable bonds is 3. The molecule has 0 saturated carbocycles. The Hall–Kier alpha value is -1.02. The first-order valence-electron chi connectivity index (χ1n) is 4.91. The molecule has 0 saturated heterocycles. The molecule has 0 atom stereocenters. The van der Waals surface area contributed by atoms with Gasteiger partial charge in [-0.25, -0.2) is 0 Å². The molecule has 14 heavy (non-hydrogen) atoms. The molecule has 0 aliphatic carbocycles. The highest BCUT2D eigenvalue weighted by Crippen LogP contribution is 2.23. The lowest BCUT2D eigenvalue weighted by Gasteiger charge is -2.25. The van der Waals surface area contributed by atoms with Crippen LogP contribution in [0.2, 0.25) is 0 Å². The van der Waals surface area contributed by atoms with Gasteiger partial charge in [0.1, 0.15) is 11.4 Å². The third-order valence-electron chi connectivity index (χ3n) is 2.21. The summed E-state index contributed by atoms with van der Waals surface area (Å²) >= 11 is 0. The molecule has 0 fully saturated rings. The van der Waals surface area contributed by atoms with Crippen LogP contribution in [0.3, 0.4) is 0 Å². The van der Waals surface area contributed by atoms with Gasteiger partial charge in [0.15, 0.2) is 0 Å². The first kappa shape index (κ1) is 11.1. The van der Waals surface area contributed by atoms with E-state index in [1.807, 2.05) is 19.9 Å². The highest BCUT2D eigenvalue weighted by molar-refractivity contribution is 5.36. The minimum absolute atomic E-state index is 0.292. The molecule has 0 aliphatic heterocycles. The lowest BCUT2D eigenvalue weighted by atomic mass is 10.1. The first-order valence-corrected chi connectivity index (χ1v) is 4.91. The van der Waals surface area contributed by atoms with Gasteiger partial charge in [0.25, 0.3) is 0 Å². The Balaban J connectivity index is 2.87. The van der Waals surface area contributed by atoms with Crippen molar-refractivity contribution in [2.75, 3.05) is 6.54 Å². The van der Waals surface area contributed by atoms with Gasteiger partial charge in [-0.1, -0.05) is 17.7 Å². The standard InChI is InChI=1S/C12H19NO/c1-9-5-6-11(10(2)7-9)14-12(3,4)8-13/h5-7H,8,13H2,1-4H3. The molecule has 1 rings (SSSR count). The summed E-state index contributed by atoms with van der Waals surface area (Å²) in [5, 5.41) is 0. The third kappa shape index (κ3) is 2.74. The molecule has 1 aromatic carbocycles. The fourth-order valence-electron chi connectivity index (χ4n) is 1.25. The van der Waals surface area contributed by atoms with Gasteiger partial charge >= 0.3 is 0 Å². The van der Waals surface area contributed by atoms with E-state index in [0.717, 1.165) is 11.3 Å². The average Bonchev–Trinajstić information content (AvgIpc) is 2.10. The van der Waals surface area contributed by atoms with E-state index < -0.39 is 0 Å². The van der Waals surface area contributed by atoms with Crippen molar-refractivity contribution in [1.82, 2.24) is 0 Å². The summed E-state index contributed by atoms with van der Waals surface area (Å²) in [6.45, 7) is 8.62. The molecule has 0 aliphatic rings. The fraction of sp³-hybridized carbons (Fsp3) is 0.500. The number of hydrogen-bond acceptors (Lipinski definition) is 2. The zero-order valence-electron chi connectivity index (χ0n) is 9.42. The molecule has 0 heterocycles. The maximum atomic E-state index is 5.81. The summed E-state index contributed by atoms with van der Waals surface area (Å²) in [4.78, 5) is 0. The van der Waals surface area contributed by atoms with Crippen LogP contribution in [0.1, 0.15) is 25.0 Å². The van der Waals surface area contributed by atoms with E-state index in [9.17, 15) is 0 Å². The number of hydrogen-bond donors (Lipinski definition) is 1. The Morgan fingerprint density at radius 3 is 2.43 bits per heavy atom. The van der Waals surface area contributed by atoms with Crippen LogP contribution in [-0.4, -0.2) is 12.1 Å². The van der Waals surface area contributed by atoms with E-state index in [-0.39, 0.29) is 5.60 Å². The second-order valence-electron chi connectivity index (χ2n) is 4.33. The number of aryl methyl sites for hydroxylation is 2. The van der Waals surface area contributed by atoms with E-state index in [0.29, 0.717) is 6.54 Å². The van der Waals surface area contributed by atoms with Gasteiger partial charge in [-0.2, -0.15) is 0 Å². The maximum absolute atomic E-state index is 5.81. The van der Waals surface area contributed by atoms with E-state index in [1.54, 1.807) is 0 Å². The Kier molecular flexibility index (Phi) is 3.17. The summed E-state index contributed by atoms with van der Waals surface area (Å²) in [6.07, 6.45) is 0. The fourth-order valence-corrected chi connectivity index (χ4v) is 1.25. The minimum atomic E-state index is -0.292. The Morgan fingerprint density at radius 2 is 1.93 bits per heavy atom. The lowest BCUT2D eigenvalue weighted by Crippen LogP contribution is -2.37. The van der Waals surface area contributed by atoms with Crippen LogP contribution in [0.5, 0.6) is 5.75 Å². The SMILES string of the molecule is Cc1ccc(OC(C)(C)CN)c(C)c1. The number of ether oxygens (including phenoxy) is 1. The quantitative estimate of drug-likeness (QED) is 0.800. The minimum Gasteiger partial charge on any atom is -0.486 e. The monoisotopic (exact) mass is 193 g/mol. The molecule has 1 aromatic rings. The molecule has 0 bridgehead atoms. The van der Waals surface area contributed by atoms with Crippen LogP contribution >= 0.6 is 0 Å². The van der Waals surface area contributed by atoms with Crippen LogP contribution < -0.4 is 10.5 Å². The molecule has 2 heteroatoms. The topological polar surface area (TPSA) is 35.2 Å². The van der Waals surface area contributed by atoms with Crippen molar-refractivity contribution < 1.29 is 4.74 Å². The summed E-state index contributed by atoms with van der Waals surface area (Å²) in [6, 6.07) is 6.17. The van der Waals surface area contributed by atoms with Crippen molar-refractivity contribution in [3.63, 3.8) is 0 Å². The highest BCUT2D eigenvalue weighted by atomic mass is 16.5. The maximum Gasteiger partial charge on any atom is 0.123 e. The molecule has 2 N–H and O–H groups in total. The predicted molar refractivity (Wildman–Crippen MR) is 59.7 cm³/mol. The van der Waals surface area contributed by atoms with Crippen LogP contribution in [0.25, 0.3) is 0 Å². The van der Waals surface area contributed by atoms with Gasteiger partial charge in [-0.05, 0) is 39.3 Å². The Morgan fingerprint density at radius 1 is 1.29 bits per heavy atom. The van der Waals surface area contributed by atoms with Crippen molar-refractivity contribution in [2.24, 2.45) is 5.73 Å². The number of benzene rings is 1. The largest absolute Gasteiger partial charge is 0.486 e. The molecule has 0 spiro atoms. The molecule has 78 valence electrons. The van der Waals surface area contributed by atoms with Gasteiger partial charge in [0.2, 0.25) is 0 Å². The van der Waals surface area contributed by atoms with Gasteiger partial charge < -0.3 is 10.5 Å².